The Morgan fingerprint density at radius 3 is 2.49 bits per heavy atom. The number of hydrogen-bond donors (Lipinski definition) is 3. The summed E-state index contributed by atoms with van der Waals surface area (Å²) < 4.78 is 36.1. The third kappa shape index (κ3) is 6.44. The van der Waals surface area contributed by atoms with Crippen LogP contribution in [0.15, 0.2) is 104 Å². The molecule has 206 valence electrons. The first kappa shape index (κ1) is 27.2. The van der Waals surface area contributed by atoms with Crippen molar-refractivity contribution in [1.82, 2.24) is 19.9 Å². The van der Waals surface area contributed by atoms with Gasteiger partial charge in [-0.2, -0.15) is 0 Å². The summed E-state index contributed by atoms with van der Waals surface area (Å²) >= 11 is 0. The molecule has 0 fully saturated rings. The normalized spacial score (nSPS) is 11.5. The molecule has 0 aliphatic carbocycles. The van der Waals surface area contributed by atoms with E-state index in [0.29, 0.717) is 22.5 Å². The van der Waals surface area contributed by atoms with Crippen molar-refractivity contribution in [3.63, 3.8) is 0 Å². The second-order valence-corrected chi connectivity index (χ2v) is 9.16. The lowest BCUT2D eigenvalue weighted by atomic mass is 9.99. The monoisotopic (exact) mass is 552 g/mol. The van der Waals surface area contributed by atoms with Gasteiger partial charge in [-0.25, -0.2) is 13.8 Å². The summed E-state index contributed by atoms with van der Waals surface area (Å²) in [6, 6.07) is 19.8. The van der Waals surface area contributed by atoms with E-state index in [-0.39, 0.29) is 35.1 Å². The second-order valence-electron chi connectivity index (χ2n) is 9.16. The van der Waals surface area contributed by atoms with E-state index in [1.54, 1.807) is 90.1 Å². The van der Waals surface area contributed by atoms with E-state index in [0.717, 1.165) is 0 Å². The Morgan fingerprint density at radius 1 is 1.00 bits per heavy atom. The minimum atomic E-state index is -0.751. The molecule has 0 aliphatic heterocycles. The zero-order chi connectivity index (χ0) is 28.8. The summed E-state index contributed by atoms with van der Waals surface area (Å²) in [5.74, 6) is -1.00. The van der Waals surface area contributed by atoms with Gasteiger partial charge in [-0.15, -0.1) is 0 Å². The average molecular weight is 553 g/mol. The minimum absolute atomic E-state index is 0.0878. The van der Waals surface area contributed by atoms with Gasteiger partial charge in [-0.1, -0.05) is 30.3 Å². The maximum absolute atomic E-state index is 15.5. The van der Waals surface area contributed by atoms with Gasteiger partial charge < -0.3 is 19.9 Å². The highest BCUT2D eigenvalue weighted by molar-refractivity contribution is 6.05. The number of methoxy groups -OCH3 is 1. The van der Waals surface area contributed by atoms with Crippen LogP contribution in [0.25, 0.3) is 11.1 Å². The van der Waals surface area contributed by atoms with Crippen molar-refractivity contribution in [3.8, 4) is 16.9 Å². The number of ether oxygens (including phenoxy) is 1. The Morgan fingerprint density at radius 2 is 1.80 bits per heavy atom. The van der Waals surface area contributed by atoms with Crippen LogP contribution in [-0.2, 0) is 6.54 Å². The molecule has 3 aromatic carbocycles. The number of aromatic nitrogens is 3. The van der Waals surface area contributed by atoms with Gasteiger partial charge in [0.1, 0.15) is 28.9 Å². The van der Waals surface area contributed by atoms with Crippen molar-refractivity contribution < 1.29 is 18.3 Å². The average Bonchev–Trinajstić information content (AvgIpc) is 3.50. The van der Waals surface area contributed by atoms with Crippen LogP contribution in [0.5, 0.6) is 5.75 Å². The molecule has 0 saturated carbocycles. The molecule has 1 atom stereocenters. The van der Waals surface area contributed by atoms with E-state index in [1.165, 1.54) is 25.3 Å². The molecule has 0 spiro atoms. The molecule has 41 heavy (non-hydrogen) atoms. The van der Waals surface area contributed by atoms with Crippen LogP contribution >= 0.6 is 0 Å². The quantitative estimate of drug-likeness (QED) is 0.157. The third-order valence-corrected chi connectivity index (χ3v) is 6.45. The molecule has 0 aliphatic rings. The van der Waals surface area contributed by atoms with Crippen LogP contribution in [0, 0.1) is 17.0 Å². The number of carbonyl (C=O) groups is 1. The Bertz CT molecular complexity index is 1660. The predicted octanol–water partition coefficient (Wildman–Crippen LogP) is 5.84. The molecule has 0 unspecified atom stereocenters. The SMILES string of the molecule is COc1cc(NC(=N)c2ccccn2)ccc1C(=O)N[C@@H](Cn1ccnc1)c1ccc(-c2ccc(F)cc2)cc1F. The van der Waals surface area contributed by atoms with Crippen LogP contribution in [-0.4, -0.2) is 33.4 Å². The minimum Gasteiger partial charge on any atom is -0.496 e. The third-order valence-electron chi connectivity index (χ3n) is 6.45. The molecular formula is C31H26F2N6O2. The largest absolute Gasteiger partial charge is 0.496 e. The number of benzene rings is 3. The summed E-state index contributed by atoms with van der Waals surface area (Å²) in [7, 11) is 1.44. The predicted molar refractivity (Wildman–Crippen MR) is 152 cm³/mol. The lowest BCUT2D eigenvalue weighted by molar-refractivity contribution is 0.0929. The van der Waals surface area contributed by atoms with Crippen molar-refractivity contribution in [2.75, 3.05) is 12.4 Å². The fraction of sp³-hybridized carbons (Fsp3) is 0.0968. The molecule has 8 nitrogen and oxygen atoms in total. The maximum atomic E-state index is 15.5. The molecule has 10 heteroatoms. The van der Waals surface area contributed by atoms with Crippen molar-refractivity contribution >= 4 is 17.4 Å². The molecule has 3 N–H and O–H groups in total. The molecule has 0 radical (unpaired) electrons. The first-order chi connectivity index (χ1) is 19.9. The first-order valence-electron chi connectivity index (χ1n) is 12.7. The van der Waals surface area contributed by atoms with Gasteiger partial charge in [0.25, 0.3) is 5.91 Å². The summed E-state index contributed by atoms with van der Waals surface area (Å²) in [5, 5.41) is 14.1. The summed E-state index contributed by atoms with van der Waals surface area (Å²) in [4.78, 5) is 21.7. The van der Waals surface area contributed by atoms with Crippen molar-refractivity contribution in [1.29, 1.82) is 5.41 Å². The maximum Gasteiger partial charge on any atom is 0.255 e. The summed E-state index contributed by atoms with van der Waals surface area (Å²) in [5.41, 5.74) is 2.76. The zero-order valence-corrected chi connectivity index (χ0v) is 22.0. The summed E-state index contributed by atoms with van der Waals surface area (Å²) in [6.07, 6.45) is 6.51. The van der Waals surface area contributed by atoms with Crippen molar-refractivity contribution in [2.24, 2.45) is 0 Å². The zero-order valence-electron chi connectivity index (χ0n) is 22.0. The van der Waals surface area contributed by atoms with Gasteiger partial charge in [0.15, 0.2) is 0 Å². The molecule has 2 aromatic heterocycles. The second kappa shape index (κ2) is 12.2. The van der Waals surface area contributed by atoms with Gasteiger partial charge in [-0.05, 0) is 53.6 Å². The fourth-order valence-electron chi connectivity index (χ4n) is 4.37. The Labute approximate surface area is 235 Å². The molecule has 1 amide bonds. The van der Waals surface area contributed by atoms with Crippen LogP contribution in [0.1, 0.15) is 27.7 Å². The number of nitrogens with zero attached hydrogens (tertiary/aromatic N) is 3. The standard InChI is InChI=1S/C31H26F2N6O2/c1-41-29-17-23(37-30(34)27-4-2-3-13-36-27)10-12-25(29)31(40)38-28(18-39-15-14-35-19-39)24-11-7-21(16-26(24)33)20-5-8-22(32)9-6-20/h2-17,19,28H,18H2,1H3,(H2,34,37)(H,38,40)/t28-/m0/s1. The topological polar surface area (TPSA) is 105 Å². The molecule has 0 bridgehead atoms. The molecule has 5 rings (SSSR count). The van der Waals surface area contributed by atoms with E-state index < -0.39 is 17.8 Å². The summed E-state index contributed by atoms with van der Waals surface area (Å²) in [6.45, 7) is 0.224. The van der Waals surface area contributed by atoms with Gasteiger partial charge in [0.2, 0.25) is 0 Å². The van der Waals surface area contributed by atoms with E-state index in [4.69, 9.17) is 10.1 Å². The van der Waals surface area contributed by atoms with Crippen LogP contribution in [0.2, 0.25) is 0 Å². The number of hydrogen-bond acceptors (Lipinski definition) is 5. The lowest BCUT2D eigenvalue weighted by Gasteiger charge is -2.22. The van der Waals surface area contributed by atoms with E-state index >= 15 is 4.39 Å². The Kier molecular flexibility index (Phi) is 8.10. The highest BCUT2D eigenvalue weighted by Crippen LogP contribution is 2.28. The highest BCUT2D eigenvalue weighted by Gasteiger charge is 2.22. The number of rotatable bonds is 9. The van der Waals surface area contributed by atoms with Crippen LogP contribution < -0.4 is 15.4 Å². The Hall–Kier alpha value is -5.38. The molecule has 2 heterocycles. The molecular weight excluding hydrogens is 526 g/mol. The van der Waals surface area contributed by atoms with Gasteiger partial charge in [-0.3, -0.25) is 15.2 Å². The number of anilines is 1. The van der Waals surface area contributed by atoms with Gasteiger partial charge >= 0.3 is 0 Å². The number of nitrogens with one attached hydrogen (secondary N) is 3. The van der Waals surface area contributed by atoms with Crippen LogP contribution in [0.4, 0.5) is 14.5 Å². The van der Waals surface area contributed by atoms with E-state index in [1.807, 2.05) is 0 Å². The number of imidazole rings is 1. The number of amidine groups is 1. The Balaban J connectivity index is 1.39. The van der Waals surface area contributed by atoms with Crippen molar-refractivity contribution in [2.45, 2.75) is 12.6 Å². The number of pyridine rings is 1. The highest BCUT2D eigenvalue weighted by atomic mass is 19.1. The van der Waals surface area contributed by atoms with E-state index in [9.17, 15) is 9.18 Å². The molecule has 5 aromatic rings. The van der Waals surface area contributed by atoms with Crippen molar-refractivity contribution in [3.05, 3.63) is 132 Å². The number of amides is 1. The number of carbonyl (C=O) groups excluding carboxylic acids is 1. The van der Waals surface area contributed by atoms with Crippen LogP contribution in [0.3, 0.4) is 0 Å². The first-order valence-corrected chi connectivity index (χ1v) is 12.7. The number of halogens is 2. The van der Waals surface area contributed by atoms with Gasteiger partial charge in [0.05, 0.1) is 25.0 Å². The fourth-order valence-corrected chi connectivity index (χ4v) is 4.37. The van der Waals surface area contributed by atoms with E-state index in [2.05, 4.69) is 20.6 Å². The van der Waals surface area contributed by atoms with Gasteiger partial charge in [0, 0.05) is 42.5 Å². The smallest absolute Gasteiger partial charge is 0.255 e. The molecule has 0 saturated heterocycles. The lowest BCUT2D eigenvalue weighted by Crippen LogP contribution is -2.32.